The molecule has 2 N–H and O–H groups in total. The van der Waals surface area contributed by atoms with E-state index >= 15 is 0 Å². The first kappa shape index (κ1) is 39.5. The van der Waals surface area contributed by atoms with Crippen LogP contribution in [0.2, 0.25) is 0 Å². The lowest BCUT2D eigenvalue weighted by atomic mass is 9.92. The summed E-state index contributed by atoms with van der Waals surface area (Å²) in [5, 5.41) is 8.46. The zero-order valence-corrected chi connectivity index (χ0v) is 32.5. The van der Waals surface area contributed by atoms with Crippen molar-refractivity contribution >= 4 is 35.0 Å². The van der Waals surface area contributed by atoms with E-state index in [0.717, 1.165) is 44.2 Å². The number of piperidine rings is 1. The molecule has 1 fully saturated rings. The quantitative estimate of drug-likeness (QED) is 0.171. The molecule has 3 amide bonds. The van der Waals surface area contributed by atoms with Crippen molar-refractivity contribution in [3.8, 4) is 0 Å². The van der Waals surface area contributed by atoms with Crippen molar-refractivity contribution in [2.45, 2.75) is 131 Å². The van der Waals surface area contributed by atoms with Gasteiger partial charge in [0.05, 0.1) is 7.41 Å². The van der Waals surface area contributed by atoms with Gasteiger partial charge in [-0.1, -0.05) is 84.7 Å². The standard InChI is InChI=1S/C39H61N5O5S/c1-10-27(7)35(42-37(47)32-19-15-16-20-43(32)9)39(48)44(11-2)33(26(5)6)23-34(49-28(8)45)38-41-31(24-50-38)36(46)40-30(21-25(3)4)22-29-17-13-12-14-18-29/h12-14,17-18,24-27,30,32-35H,10-11,15-16,19-23H2,1-9H3,(H,40,46)(H,42,47)/t27?,30-,32?,33-,34-,35+/m1/s1/i12T. The number of benzene rings is 1. The normalized spacial score (nSPS) is 18.5. The van der Waals surface area contributed by atoms with Crippen molar-refractivity contribution in [3.05, 3.63) is 52.0 Å². The van der Waals surface area contributed by atoms with Crippen LogP contribution >= 0.6 is 11.3 Å². The highest BCUT2D eigenvalue weighted by Crippen LogP contribution is 2.31. The van der Waals surface area contributed by atoms with Gasteiger partial charge in [-0.05, 0) is 69.5 Å². The van der Waals surface area contributed by atoms with Gasteiger partial charge in [-0.15, -0.1) is 11.3 Å². The van der Waals surface area contributed by atoms with Gasteiger partial charge in [-0.25, -0.2) is 4.98 Å². The fourth-order valence-corrected chi connectivity index (χ4v) is 7.69. The molecule has 11 heteroatoms. The van der Waals surface area contributed by atoms with E-state index in [9.17, 15) is 19.2 Å². The smallest absolute Gasteiger partial charge is 0.303 e. The average molecular weight is 714 g/mol. The number of nitrogens with one attached hydrogen (secondary N) is 2. The molecule has 2 unspecified atom stereocenters. The van der Waals surface area contributed by atoms with Gasteiger partial charge in [-0.2, -0.15) is 0 Å². The molecular weight excluding hydrogens is 651 g/mol. The average Bonchev–Trinajstić information content (AvgIpc) is 3.57. The van der Waals surface area contributed by atoms with Gasteiger partial charge in [-0.3, -0.25) is 24.1 Å². The minimum Gasteiger partial charge on any atom is -0.455 e. The summed E-state index contributed by atoms with van der Waals surface area (Å²) in [5.74, 6) is -0.776. The second kappa shape index (κ2) is 19.9. The molecule has 0 radical (unpaired) electrons. The lowest BCUT2D eigenvalue weighted by Crippen LogP contribution is -2.58. The molecule has 0 saturated carbocycles. The third kappa shape index (κ3) is 11.9. The SMILES string of the molecule is [3H]c1ccc(C[C@@H](CC(C)C)NC(=O)c2csc([C@@H](C[C@H](C(C)C)N(CC)C(=O)[C@@H](NC(=O)C3CCCCN3C)C(C)CC)OC(C)=O)n2)cc1. The number of esters is 1. The van der Waals surface area contributed by atoms with Crippen LogP contribution in [-0.4, -0.2) is 82.8 Å². The Labute approximate surface area is 305 Å². The van der Waals surface area contributed by atoms with Crippen LogP contribution in [0.3, 0.4) is 0 Å². The highest BCUT2D eigenvalue weighted by molar-refractivity contribution is 7.09. The van der Waals surface area contributed by atoms with Gasteiger partial charge in [0.15, 0.2) is 6.10 Å². The summed E-state index contributed by atoms with van der Waals surface area (Å²) in [5.41, 5.74) is 1.29. The van der Waals surface area contributed by atoms with E-state index in [1.54, 1.807) is 17.5 Å². The zero-order chi connectivity index (χ0) is 37.8. The molecule has 2 aromatic rings. The molecule has 50 heavy (non-hydrogen) atoms. The van der Waals surface area contributed by atoms with Crippen molar-refractivity contribution in [3.63, 3.8) is 0 Å². The summed E-state index contributed by atoms with van der Waals surface area (Å²) in [7, 11) is 1.96. The fourth-order valence-electron chi connectivity index (χ4n) is 6.85. The van der Waals surface area contributed by atoms with Gasteiger partial charge in [0.2, 0.25) is 11.8 Å². The zero-order valence-electron chi connectivity index (χ0n) is 32.7. The predicted octanol–water partition coefficient (Wildman–Crippen LogP) is 6.41. The third-order valence-electron chi connectivity index (χ3n) is 9.80. The van der Waals surface area contributed by atoms with E-state index in [2.05, 4.69) is 34.4 Å². The summed E-state index contributed by atoms with van der Waals surface area (Å²) >= 11 is 1.26. The van der Waals surface area contributed by atoms with Crippen LogP contribution in [0, 0.1) is 17.8 Å². The largest absolute Gasteiger partial charge is 0.455 e. The first-order valence-electron chi connectivity index (χ1n) is 18.9. The summed E-state index contributed by atoms with van der Waals surface area (Å²) < 4.78 is 13.6. The molecule has 0 spiro atoms. The number of likely N-dealkylation sites (N-methyl/N-ethyl adjacent to an activating group) is 2. The van der Waals surface area contributed by atoms with Crippen LogP contribution < -0.4 is 10.6 Å². The van der Waals surface area contributed by atoms with Crippen LogP contribution in [0.25, 0.3) is 0 Å². The number of aromatic nitrogens is 1. The molecule has 1 saturated heterocycles. The minimum absolute atomic E-state index is 0.00615. The molecule has 1 aliphatic rings. The lowest BCUT2D eigenvalue weighted by molar-refractivity contribution is -0.149. The number of hydrogen-bond acceptors (Lipinski definition) is 8. The number of likely N-dealkylation sites (tertiary alicyclic amines) is 1. The highest BCUT2D eigenvalue weighted by atomic mass is 32.1. The first-order valence-corrected chi connectivity index (χ1v) is 19.3. The second-order valence-electron chi connectivity index (χ2n) is 14.6. The topological polar surface area (TPSA) is 121 Å². The van der Waals surface area contributed by atoms with Crippen molar-refractivity contribution in [2.75, 3.05) is 20.1 Å². The Hall–Kier alpha value is -3.31. The molecule has 6 atom stereocenters. The Morgan fingerprint density at radius 1 is 1.08 bits per heavy atom. The number of thiazole rings is 1. The maximum Gasteiger partial charge on any atom is 0.303 e. The van der Waals surface area contributed by atoms with E-state index in [1.165, 1.54) is 18.3 Å². The Bertz CT molecular complexity index is 1430. The Balaban J connectivity index is 1.83. The Kier molecular flexibility index (Phi) is 15.7. The summed E-state index contributed by atoms with van der Waals surface area (Å²) in [4.78, 5) is 62.4. The van der Waals surface area contributed by atoms with Gasteiger partial charge in [0.25, 0.3) is 5.91 Å². The number of amides is 3. The van der Waals surface area contributed by atoms with E-state index in [1.807, 2.05) is 58.7 Å². The van der Waals surface area contributed by atoms with E-state index < -0.39 is 18.1 Å². The monoisotopic (exact) mass is 713 g/mol. The first-order chi connectivity index (χ1) is 24.1. The van der Waals surface area contributed by atoms with Gasteiger partial charge in [0.1, 0.15) is 16.7 Å². The van der Waals surface area contributed by atoms with E-state index in [-0.39, 0.29) is 53.4 Å². The molecule has 1 aromatic carbocycles. The lowest BCUT2D eigenvalue weighted by Gasteiger charge is -2.39. The predicted molar refractivity (Wildman–Crippen MR) is 200 cm³/mol. The van der Waals surface area contributed by atoms with Crippen LogP contribution in [0.4, 0.5) is 0 Å². The van der Waals surface area contributed by atoms with Crippen molar-refractivity contribution in [1.29, 1.82) is 0 Å². The molecule has 1 aliphatic heterocycles. The van der Waals surface area contributed by atoms with Gasteiger partial charge in [0, 0.05) is 37.4 Å². The van der Waals surface area contributed by atoms with E-state index in [4.69, 9.17) is 6.11 Å². The number of hydrogen-bond donors (Lipinski definition) is 2. The van der Waals surface area contributed by atoms with Crippen molar-refractivity contribution in [1.82, 2.24) is 25.4 Å². The van der Waals surface area contributed by atoms with Crippen molar-refractivity contribution < 1.29 is 25.3 Å². The summed E-state index contributed by atoms with van der Waals surface area (Å²) in [6, 6.07) is 6.36. The molecule has 278 valence electrons. The third-order valence-corrected chi connectivity index (χ3v) is 10.7. The molecule has 0 bridgehead atoms. The van der Waals surface area contributed by atoms with Gasteiger partial charge >= 0.3 is 5.97 Å². The van der Waals surface area contributed by atoms with Crippen LogP contribution in [-0.2, 0) is 25.5 Å². The minimum atomic E-state index is -0.773. The molecule has 10 nitrogen and oxygen atoms in total. The van der Waals surface area contributed by atoms with Crippen molar-refractivity contribution in [2.24, 2.45) is 17.8 Å². The molecular formula is C39H61N5O5S. The molecule has 0 aliphatic carbocycles. The number of rotatable bonds is 18. The maximum atomic E-state index is 14.4. The second-order valence-corrected chi connectivity index (χ2v) is 15.5. The Morgan fingerprint density at radius 2 is 1.78 bits per heavy atom. The summed E-state index contributed by atoms with van der Waals surface area (Å²) in [6.07, 6.45) is 4.45. The fraction of sp³-hybridized carbons (Fsp3) is 0.667. The highest BCUT2D eigenvalue weighted by Gasteiger charge is 2.38. The van der Waals surface area contributed by atoms with E-state index in [0.29, 0.717) is 36.4 Å². The summed E-state index contributed by atoms with van der Waals surface area (Å²) in [6.45, 7) is 16.9. The van der Waals surface area contributed by atoms with Gasteiger partial charge < -0.3 is 20.3 Å². The van der Waals surface area contributed by atoms with Crippen LogP contribution in [0.15, 0.2) is 35.7 Å². The number of ether oxygens (including phenoxy) is 1. The van der Waals surface area contributed by atoms with Crippen LogP contribution in [0.1, 0.15) is 122 Å². The maximum absolute atomic E-state index is 14.4. The molecule has 2 heterocycles. The molecule has 3 rings (SSSR count). The number of carbonyl (C=O) groups is 4. The number of nitrogens with zero attached hydrogens (tertiary/aromatic N) is 3. The van der Waals surface area contributed by atoms with Crippen LogP contribution in [0.5, 0.6) is 0 Å². The number of carbonyl (C=O) groups excluding carboxylic acids is 4. The molecule has 1 aromatic heterocycles. The Morgan fingerprint density at radius 3 is 2.36 bits per heavy atom.